The number of nitrogens with zero attached hydrogens (tertiary/aromatic N) is 1. The number of nitrogens with one attached hydrogen (secondary N) is 2. The molecule has 26 heavy (non-hydrogen) atoms. The van der Waals surface area contributed by atoms with Crippen molar-refractivity contribution < 1.29 is 14.6 Å². The average Bonchev–Trinajstić information content (AvgIpc) is 3.11. The lowest BCUT2D eigenvalue weighted by Crippen LogP contribution is -2.41. The number of fused-ring (bicyclic) bond motifs is 1. The topological polar surface area (TPSA) is 87.2 Å². The van der Waals surface area contributed by atoms with Gasteiger partial charge in [0.15, 0.2) is 0 Å². The highest BCUT2D eigenvalue weighted by molar-refractivity contribution is 5.98. The molecular formula is C20H21N3O3. The van der Waals surface area contributed by atoms with Crippen LogP contribution in [0.4, 0.5) is 0 Å². The molecule has 6 nitrogen and oxygen atoms in total. The number of benzene rings is 1. The molecule has 3 aromatic rings. The van der Waals surface area contributed by atoms with Crippen LogP contribution >= 0.6 is 0 Å². The Balaban J connectivity index is 1.57. The van der Waals surface area contributed by atoms with Gasteiger partial charge in [-0.05, 0) is 47.9 Å². The van der Waals surface area contributed by atoms with E-state index in [1.54, 1.807) is 19.4 Å². The van der Waals surface area contributed by atoms with E-state index in [-0.39, 0.29) is 24.0 Å². The summed E-state index contributed by atoms with van der Waals surface area (Å²) in [6.07, 6.45) is 4.64. The maximum Gasteiger partial charge on any atom is 0.251 e. The number of carbonyl (C=O) groups excluding carboxylic acids is 1. The fraction of sp³-hybridized carbons (Fsp3) is 0.300. The Bertz CT molecular complexity index is 913. The van der Waals surface area contributed by atoms with Crippen molar-refractivity contribution in [2.75, 3.05) is 7.11 Å². The summed E-state index contributed by atoms with van der Waals surface area (Å²) in [6, 6.07) is 11.1. The van der Waals surface area contributed by atoms with Gasteiger partial charge in [0.2, 0.25) is 5.88 Å². The summed E-state index contributed by atoms with van der Waals surface area (Å²) in [5, 5.41) is 13.9. The highest BCUT2D eigenvalue weighted by Crippen LogP contribution is 2.38. The first-order valence-electron chi connectivity index (χ1n) is 8.70. The molecule has 1 aromatic carbocycles. The van der Waals surface area contributed by atoms with Crippen molar-refractivity contribution in [2.24, 2.45) is 5.92 Å². The van der Waals surface area contributed by atoms with E-state index in [2.05, 4.69) is 15.3 Å². The zero-order valence-corrected chi connectivity index (χ0v) is 14.5. The third-order valence-corrected chi connectivity index (χ3v) is 5.05. The number of aliphatic hydroxyl groups is 1. The van der Waals surface area contributed by atoms with Crippen LogP contribution in [0.25, 0.3) is 10.9 Å². The van der Waals surface area contributed by atoms with Gasteiger partial charge >= 0.3 is 0 Å². The number of pyridine rings is 1. The van der Waals surface area contributed by atoms with Crippen LogP contribution in [0.1, 0.15) is 34.8 Å². The normalized spacial score (nSPS) is 20.4. The van der Waals surface area contributed by atoms with Gasteiger partial charge in [0.25, 0.3) is 5.91 Å². The van der Waals surface area contributed by atoms with Crippen LogP contribution in [-0.4, -0.2) is 34.2 Å². The summed E-state index contributed by atoms with van der Waals surface area (Å²) in [4.78, 5) is 20.2. The first-order chi connectivity index (χ1) is 12.6. The number of aromatic amines is 1. The summed E-state index contributed by atoms with van der Waals surface area (Å²) in [7, 11) is 1.57. The first kappa shape index (κ1) is 16.6. The average molecular weight is 351 g/mol. The van der Waals surface area contributed by atoms with Crippen LogP contribution in [0, 0.1) is 5.92 Å². The molecule has 1 aliphatic rings. The molecule has 6 heteroatoms. The van der Waals surface area contributed by atoms with Gasteiger partial charge in [-0.25, -0.2) is 4.98 Å². The molecule has 1 aliphatic carbocycles. The fourth-order valence-electron chi connectivity index (χ4n) is 3.49. The molecule has 4 rings (SSSR count). The Morgan fingerprint density at radius 3 is 2.85 bits per heavy atom. The van der Waals surface area contributed by atoms with Gasteiger partial charge in [-0.1, -0.05) is 12.1 Å². The standard InChI is InChI=1S/C20H21N3O3/c1-26-18-5-4-14(11-22-18)19(15-8-16(24)9-15)23-20(25)13-3-2-12-6-7-21-17(12)10-13/h2-7,10-11,15-16,19,21,24H,8-9H2,1H3,(H,23,25)/t15?,16?,19-/m0/s1. The van der Waals surface area contributed by atoms with Crippen molar-refractivity contribution >= 4 is 16.8 Å². The zero-order chi connectivity index (χ0) is 18.1. The second-order valence-electron chi connectivity index (χ2n) is 6.75. The number of amides is 1. The van der Waals surface area contributed by atoms with E-state index in [0.29, 0.717) is 24.3 Å². The van der Waals surface area contributed by atoms with Gasteiger partial charge in [0.05, 0.1) is 19.3 Å². The van der Waals surface area contributed by atoms with Crippen LogP contribution in [0.2, 0.25) is 0 Å². The van der Waals surface area contributed by atoms with Crippen LogP contribution in [-0.2, 0) is 0 Å². The summed E-state index contributed by atoms with van der Waals surface area (Å²) >= 11 is 0. The Morgan fingerprint density at radius 1 is 1.31 bits per heavy atom. The lowest BCUT2D eigenvalue weighted by atomic mass is 9.75. The second-order valence-corrected chi connectivity index (χ2v) is 6.75. The van der Waals surface area contributed by atoms with Crippen LogP contribution < -0.4 is 10.1 Å². The van der Waals surface area contributed by atoms with E-state index in [1.807, 2.05) is 36.5 Å². The maximum absolute atomic E-state index is 12.8. The van der Waals surface area contributed by atoms with Gasteiger partial charge in [-0.15, -0.1) is 0 Å². The van der Waals surface area contributed by atoms with Crippen molar-refractivity contribution in [3.63, 3.8) is 0 Å². The fourth-order valence-corrected chi connectivity index (χ4v) is 3.49. The number of carbonyl (C=O) groups is 1. The number of ether oxygens (including phenoxy) is 1. The molecule has 1 saturated carbocycles. The molecule has 2 aromatic heterocycles. The molecule has 1 amide bonds. The number of methoxy groups -OCH3 is 1. The molecule has 0 saturated heterocycles. The van der Waals surface area contributed by atoms with Gasteiger partial charge in [-0.2, -0.15) is 0 Å². The SMILES string of the molecule is COc1ccc([C@H](NC(=O)c2ccc3cc[nH]c3c2)C2CC(O)C2)cn1. The van der Waals surface area contributed by atoms with Crippen molar-refractivity contribution in [3.8, 4) is 5.88 Å². The van der Waals surface area contributed by atoms with E-state index in [9.17, 15) is 9.90 Å². The lowest BCUT2D eigenvalue weighted by Gasteiger charge is -2.38. The van der Waals surface area contributed by atoms with Crippen molar-refractivity contribution in [1.82, 2.24) is 15.3 Å². The molecule has 3 N–H and O–H groups in total. The second kappa shape index (κ2) is 6.80. The quantitative estimate of drug-likeness (QED) is 0.660. The minimum atomic E-state index is -0.291. The van der Waals surface area contributed by atoms with Gasteiger partial charge in [0, 0.05) is 29.5 Å². The Labute approximate surface area is 151 Å². The number of H-pyrrole nitrogens is 1. The summed E-state index contributed by atoms with van der Waals surface area (Å²) < 4.78 is 5.11. The van der Waals surface area contributed by atoms with E-state index < -0.39 is 0 Å². The highest BCUT2D eigenvalue weighted by atomic mass is 16.5. The third-order valence-electron chi connectivity index (χ3n) is 5.05. The highest BCUT2D eigenvalue weighted by Gasteiger charge is 2.36. The Hall–Kier alpha value is -2.86. The maximum atomic E-state index is 12.8. The molecule has 134 valence electrons. The van der Waals surface area contributed by atoms with Crippen LogP contribution in [0.3, 0.4) is 0 Å². The monoisotopic (exact) mass is 351 g/mol. The molecule has 0 radical (unpaired) electrons. The predicted molar refractivity (Wildman–Crippen MR) is 98.0 cm³/mol. The van der Waals surface area contributed by atoms with Crippen molar-refractivity contribution in [2.45, 2.75) is 25.0 Å². The lowest BCUT2D eigenvalue weighted by molar-refractivity contribution is 0.0234. The molecule has 0 bridgehead atoms. The van der Waals surface area contributed by atoms with Gasteiger partial charge in [0.1, 0.15) is 0 Å². The van der Waals surface area contributed by atoms with E-state index in [0.717, 1.165) is 16.5 Å². The third kappa shape index (κ3) is 3.15. The number of aromatic nitrogens is 2. The van der Waals surface area contributed by atoms with Crippen molar-refractivity contribution in [1.29, 1.82) is 0 Å². The van der Waals surface area contributed by atoms with Crippen LogP contribution in [0.5, 0.6) is 5.88 Å². The van der Waals surface area contributed by atoms with E-state index >= 15 is 0 Å². The number of aliphatic hydroxyl groups excluding tert-OH is 1. The molecule has 0 spiro atoms. The summed E-state index contributed by atoms with van der Waals surface area (Å²) in [6.45, 7) is 0. The Morgan fingerprint density at radius 2 is 2.15 bits per heavy atom. The number of hydrogen-bond donors (Lipinski definition) is 3. The largest absolute Gasteiger partial charge is 0.481 e. The first-order valence-corrected chi connectivity index (χ1v) is 8.70. The van der Waals surface area contributed by atoms with E-state index in [1.165, 1.54) is 0 Å². The number of rotatable bonds is 5. The van der Waals surface area contributed by atoms with E-state index in [4.69, 9.17) is 4.74 Å². The summed E-state index contributed by atoms with van der Waals surface area (Å²) in [5.41, 5.74) is 2.45. The zero-order valence-electron chi connectivity index (χ0n) is 14.5. The van der Waals surface area contributed by atoms with Gasteiger partial charge in [-0.3, -0.25) is 4.79 Å². The molecule has 0 unspecified atom stereocenters. The Kier molecular flexibility index (Phi) is 4.34. The van der Waals surface area contributed by atoms with Crippen LogP contribution in [0.15, 0.2) is 48.8 Å². The summed E-state index contributed by atoms with van der Waals surface area (Å²) in [5.74, 6) is 0.590. The molecule has 1 atom stereocenters. The molecule has 2 heterocycles. The molecule has 0 aliphatic heterocycles. The molecular weight excluding hydrogens is 330 g/mol. The smallest absolute Gasteiger partial charge is 0.251 e. The minimum absolute atomic E-state index is 0.135. The number of hydrogen-bond acceptors (Lipinski definition) is 4. The van der Waals surface area contributed by atoms with Gasteiger partial charge < -0.3 is 20.1 Å². The minimum Gasteiger partial charge on any atom is -0.481 e. The van der Waals surface area contributed by atoms with Crippen molar-refractivity contribution in [3.05, 3.63) is 59.9 Å². The predicted octanol–water partition coefficient (Wildman–Crippen LogP) is 2.81. The molecule has 1 fully saturated rings.